The second-order valence-corrected chi connectivity index (χ2v) is 5.28. The van der Waals surface area contributed by atoms with Gasteiger partial charge in [0, 0.05) is 32.2 Å². The number of hydrogen-bond acceptors (Lipinski definition) is 5. The molecule has 3 rings (SSSR count). The molecule has 1 aliphatic rings. The van der Waals surface area contributed by atoms with Gasteiger partial charge in [0.15, 0.2) is 5.82 Å². The molecule has 1 aromatic carbocycles. The standard InChI is InChI=1S/C16H19N3O3/c1-12-11-15(17-22-12)18-7-9-19(10-8-18)16(20)13-5-3-4-6-14(13)21-2/h3-6,11H,7-10H2,1-2H3. The quantitative estimate of drug-likeness (QED) is 0.867. The summed E-state index contributed by atoms with van der Waals surface area (Å²) in [6.45, 7) is 4.67. The van der Waals surface area contributed by atoms with Crippen molar-refractivity contribution < 1.29 is 14.1 Å². The monoisotopic (exact) mass is 301 g/mol. The van der Waals surface area contributed by atoms with E-state index in [1.54, 1.807) is 13.2 Å². The predicted molar refractivity (Wildman–Crippen MR) is 82.4 cm³/mol. The Morgan fingerprint density at radius 2 is 1.95 bits per heavy atom. The maximum atomic E-state index is 12.6. The van der Waals surface area contributed by atoms with Crippen LogP contribution in [-0.2, 0) is 0 Å². The molecule has 0 unspecified atom stereocenters. The number of hydrogen-bond donors (Lipinski definition) is 0. The Bertz CT molecular complexity index is 660. The number of benzene rings is 1. The van der Waals surface area contributed by atoms with Gasteiger partial charge in [-0.1, -0.05) is 17.3 Å². The Morgan fingerprint density at radius 1 is 1.23 bits per heavy atom. The molecule has 2 heterocycles. The van der Waals surface area contributed by atoms with Crippen molar-refractivity contribution in [3.05, 3.63) is 41.7 Å². The summed E-state index contributed by atoms with van der Waals surface area (Å²) in [5.41, 5.74) is 0.607. The minimum Gasteiger partial charge on any atom is -0.496 e. The van der Waals surface area contributed by atoms with Gasteiger partial charge in [0.2, 0.25) is 0 Å². The number of nitrogens with zero attached hydrogens (tertiary/aromatic N) is 3. The number of anilines is 1. The number of methoxy groups -OCH3 is 1. The molecule has 0 spiro atoms. The zero-order chi connectivity index (χ0) is 15.5. The zero-order valence-electron chi connectivity index (χ0n) is 12.8. The summed E-state index contributed by atoms with van der Waals surface area (Å²) in [6, 6.07) is 9.23. The van der Waals surface area contributed by atoms with E-state index in [1.165, 1.54) is 0 Å². The second-order valence-electron chi connectivity index (χ2n) is 5.28. The van der Waals surface area contributed by atoms with Crippen LogP contribution in [0.3, 0.4) is 0 Å². The largest absolute Gasteiger partial charge is 0.496 e. The van der Waals surface area contributed by atoms with Gasteiger partial charge in [-0.05, 0) is 19.1 Å². The van der Waals surface area contributed by atoms with E-state index < -0.39 is 0 Å². The maximum absolute atomic E-state index is 12.6. The first kappa shape index (κ1) is 14.4. The summed E-state index contributed by atoms with van der Waals surface area (Å²) >= 11 is 0. The number of para-hydroxylation sites is 1. The molecule has 6 heteroatoms. The third-order valence-corrected chi connectivity index (χ3v) is 3.84. The first-order valence-electron chi connectivity index (χ1n) is 7.29. The number of rotatable bonds is 3. The van der Waals surface area contributed by atoms with Crippen LogP contribution in [0.1, 0.15) is 16.1 Å². The van der Waals surface area contributed by atoms with E-state index in [0.29, 0.717) is 24.4 Å². The molecule has 116 valence electrons. The van der Waals surface area contributed by atoms with Gasteiger partial charge >= 0.3 is 0 Å². The van der Waals surface area contributed by atoms with Crippen molar-refractivity contribution in [2.45, 2.75) is 6.92 Å². The van der Waals surface area contributed by atoms with Gasteiger partial charge in [0.25, 0.3) is 5.91 Å². The minimum atomic E-state index is 0.00781. The van der Waals surface area contributed by atoms with Gasteiger partial charge in [0.1, 0.15) is 11.5 Å². The zero-order valence-corrected chi connectivity index (χ0v) is 12.8. The van der Waals surface area contributed by atoms with E-state index in [0.717, 1.165) is 24.7 Å². The molecule has 1 aromatic heterocycles. The van der Waals surface area contributed by atoms with Crippen LogP contribution >= 0.6 is 0 Å². The van der Waals surface area contributed by atoms with Gasteiger partial charge < -0.3 is 19.1 Å². The molecule has 2 aromatic rings. The van der Waals surface area contributed by atoms with E-state index in [2.05, 4.69) is 10.1 Å². The highest BCUT2D eigenvalue weighted by atomic mass is 16.5. The molecule has 0 saturated carbocycles. The fraction of sp³-hybridized carbons (Fsp3) is 0.375. The first-order chi connectivity index (χ1) is 10.7. The fourth-order valence-electron chi connectivity index (χ4n) is 2.63. The topological polar surface area (TPSA) is 58.8 Å². The van der Waals surface area contributed by atoms with Gasteiger partial charge in [0.05, 0.1) is 12.7 Å². The summed E-state index contributed by atoms with van der Waals surface area (Å²) in [6.07, 6.45) is 0. The Labute approximate surface area is 129 Å². The Hall–Kier alpha value is -2.50. The number of aromatic nitrogens is 1. The summed E-state index contributed by atoms with van der Waals surface area (Å²) in [4.78, 5) is 16.6. The predicted octanol–water partition coefficient (Wildman–Crippen LogP) is 1.95. The fourth-order valence-corrected chi connectivity index (χ4v) is 2.63. The van der Waals surface area contributed by atoms with Gasteiger partial charge in [-0.3, -0.25) is 4.79 Å². The normalized spacial score (nSPS) is 15.0. The third-order valence-electron chi connectivity index (χ3n) is 3.84. The summed E-state index contributed by atoms with van der Waals surface area (Å²) in [5, 5.41) is 4.02. The van der Waals surface area contributed by atoms with Crippen molar-refractivity contribution in [2.24, 2.45) is 0 Å². The van der Waals surface area contributed by atoms with Crippen molar-refractivity contribution in [3.8, 4) is 5.75 Å². The highest BCUT2D eigenvalue weighted by Gasteiger charge is 2.25. The smallest absolute Gasteiger partial charge is 0.257 e. The van der Waals surface area contributed by atoms with Crippen LogP contribution in [0, 0.1) is 6.92 Å². The lowest BCUT2D eigenvalue weighted by molar-refractivity contribution is 0.0743. The molecule has 0 atom stereocenters. The summed E-state index contributed by atoms with van der Waals surface area (Å²) < 4.78 is 10.4. The van der Waals surface area contributed by atoms with Gasteiger partial charge in [-0.15, -0.1) is 0 Å². The van der Waals surface area contributed by atoms with Crippen molar-refractivity contribution in [1.82, 2.24) is 10.1 Å². The molecule has 6 nitrogen and oxygen atoms in total. The molecule has 1 aliphatic heterocycles. The molecule has 0 bridgehead atoms. The van der Waals surface area contributed by atoms with Crippen molar-refractivity contribution >= 4 is 11.7 Å². The third kappa shape index (κ3) is 2.77. The molecule has 22 heavy (non-hydrogen) atoms. The number of amides is 1. The lowest BCUT2D eigenvalue weighted by Crippen LogP contribution is -2.49. The number of carbonyl (C=O) groups is 1. The van der Waals surface area contributed by atoms with Crippen molar-refractivity contribution in [2.75, 3.05) is 38.2 Å². The van der Waals surface area contributed by atoms with Crippen molar-refractivity contribution in [3.63, 3.8) is 0 Å². The first-order valence-corrected chi connectivity index (χ1v) is 7.29. The molecule has 1 fully saturated rings. The molecular weight excluding hydrogens is 282 g/mol. The number of carbonyl (C=O) groups excluding carboxylic acids is 1. The average molecular weight is 301 g/mol. The van der Waals surface area contributed by atoms with Crippen LogP contribution in [0.25, 0.3) is 0 Å². The molecule has 1 saturated heterocycles. The van der Waals surface area contributed by atoms with Gasteiger partial charge in [-0.2, -0.15) is 0 Å². The van der Waals surface area contributed by atoms with Crippen LogP contribution in [-0.4, -0.2) is 49.3 Å². The highest BCUT2D eigenvalue weighted by Crippen LogP contribution is 2.21. The van der Waals surface area contributed by atoms with E-state index >= 15 is 0 Å². The second kappa shape index (κ2) is 6.09. The molecule has 0 aliphatic carbocycles. The van der Waals surface area contributed by atoms with E-state index in [1.807, 2.05) is 36.1 Å². The SMILES string of the molecule is COc1ccccc1C(=O)N1CCN(c2cc(C)on2)CC1. The molecule has 0 N–H and O–H groups in total. The van der Waals surface area contributed by atoms with E-state index in [-0.39, 0.29) is 5.91 Å². The Balaban J connectivity index is 1.67. The Kier molecular flexibility index (Phi) is 4.00. The molecule has 0 radical (unpaired) electrons. The lowest BCUT2D eigenvalue weighted by Gasteiger charge is -2.34. The molecular formula is C16H19N3O3. The molecule has 1 amide bonds. The number of ether oxygens (including phenoxy) is 1. The van der Waals surface area contributed by atoms with Crippen LogP contribution < -0.4 is 9.64 Å². The summed E-state index contributed by atoms with van der Waals surface area (Å²) in [7, 11) is 1.58. The minimum absolute atomic E-state index is 0.00781. The van der Waals surface area contributed by atoms with Crippen LogP contribution in [0.4, 0.5) is 5.82 Å². The van der Waals surface area contributed by atoms with Crippen LogP contribution in [0.15, 0.2) is 34.9 Å². The van der Waals surface area contributed by atoms with Gasteiger partial charge in [-0.25, -0.2) is 0 Å². The summed E-state index contributed by atoms with van der Waals surface area (Å²) in [5.74, 6) is 2.25. The van der Waals surface area contributed by atoms with E-state index in [9.17, 15) is 4.79 Å². The number of aryl methyl sites for hydroxylation is 1. The van der Waals surface area contributed by atoms with Crippen molar-refractivity contribution in [1.29, 1.82) is 0 Å². The lowest BCUT2D eigenvalue weighted by atomic mass is 10.1. The van der Waals surface area contributed by atoms with E-state index in [4.69, 9.17) is 9.26 Å². The Morgan fingerprint density at radius 3 is 2.59 bits per heavy atom. The number of piperazine rings is 1. The maximum Gasteiger partial charge on any atom is 0.257 e. The van der Waals surface area contributed by atoms with Crippen LogP contribution in [0.5, 0.6) is 5.75 Å². The van der Waals surface area contributed by atoms with Crippen LogP contribution in [0.2, 0.25) is 0 Å². The average Bonchev–Trinajstić information content (AvgIpc) is 3.01. The highest BCUT2D eigenvalue weighted by molar-refractivity contribution is 5.97.